The minimum absolute atomic E-state index is 0.0633. The van der Waals surface area contributed by atoms with E-state index in [1.54, 1.807) is 12.1 Å². The number of aromatic nitrogens is 1. The van der Waals surface area contributed by atoms with E-state index in [0.29, 0.717) is 4.70 Å². The second-order valence-corrected chi connectivity index (χ2v) is 8.00. The van der Waals surface area contributed by atoms with Gasteiger partial charge in [0.2, 0.25) is 0 Å². The Hall–Kier alpha value is -2.15. The Labute approximate surface area is 156 Å². The molecule has 0 amide bonds. The number of fused-ring (bicyclic) bond motifs is 3. The molecule has 3 aromatic rings. The zero-order valence-corrected chi connectivity index (χ0v) is 15.9. The highest BCUT2D eigenvalue weighted by atomic mass is 32.1. The molecule has 0 aliphatic carbocycles. The number of hydrogen-bond donors (Lipinski definition) is 2. The van der Waals surface area contributed by atoms with Gasteiger partial charge >= 0.3 is 0 Å². The van der Waals surface area contributed by atoms with Gasteiger partial charge in [0.05, 0.1) is 0 Å². The maximum absolute atomic E-state index is 12.3. The fraction of sp³-hybridized carbons (Fsp3) is 0.350. The van der Waals surface area contributed by atoms with Crippen LogP contribution < -0.4 is 5.56 Å². The number of benzene rings is 1. The van der Waals surface area contributed by atoms with Crippen LogP contribution in [0.25, 0.3) is 26.6 Å². The average molecular weight is 369 g/mol. The molecule has 136 valence electrons. The van der Waals surface area contributed by atoms with E-state index in [-0.39, 0.29) is 11.3 Å². The molecule has 0 radical (unpaired) electrons. The first-order valence-electron chi connectivity index (χ1n) is 8.86. The molecule has 0 unspecified atom stereocenters. The topological polar surface area (TPSA) is 59.6 Å². The molecule has 6 heteroatoms. The second kappa shape index (κ2) is 6.87. The Morgan fingerprint density at radius 1 is 1.31 bits per heavy atom. The molecule has 26 heavy (non-hydrogen) atoms. The first-order chi connectivity index (χ1) is 12.5. The van der Waals surface area contributed by atoms with Crippen molar-refractivity contribution in [3.05, 3.63) is 45.6 Å². The standard InChI is InChI=1S/C20H23N3O2S/c1-22(2)10-11-23-8-5-13(6-9-23)17-16(24)4-3-15-18(17)14-7-12-26-19(14)20(25)21-15/h3-5,7,12,24H,6,8-11H2,1-2H3,(H,21,25). The summed E-state index contributed by atoms with van der Waals surface area (Å²) in [6.07, 6.45) is 3.11. The zero-order chi connectivity index (χ0) is 18.3. The van der Waals surface area contributed by atoms with E-state index < -0.39 is 0 Å². The number of likely N-dealkylation sites (N-methyl/N-ethyl adjacent to an activating group) is 1. The molecular weight excluding hydrogens is 346 g/mol. The van der Waals surface area contributed by atoms with Crippen LogP contribution in [0, 0.1) is 0 Å². The lowest BCUT2D eigenvalue weighted by atomic mass is 9.93. The molecule has 1 aliphatic heterocycles. The van der Waals surface area contributed by atoms with Crippen LogP contribution in [0.4, 0.5) is 0 Å². The van der Waals surface area contributed by atoms with Gasteiger partial charge < -0.3 is 15.0 Å². The van der Waals surface area contributed by atoms with Crippen LogP contribution >= 0.6 is 11.3 Å². The van der Waals surface area contributed by atoms with Crippen molar-refractivity contribution in [1.82, 2.24) is 14.8 Å². The van der Waals surface area contributed by atoms with Crippen LogP contribution in [-0.4, -0.2) is 60.2 Å². The molecule has 4 rings (SSSR count). The summed E-state index contributed by atoms with van der Waals surface area (Å²) in [5.74, 6) is 0.282. The summed E-state index contributed by atoms with van der Waals surface area (Å²) in [5, 5.41) is 14.4. The van der Waals surface area contributed by atoms with Crippen molar-refractivity contribution in [3.63, 3.8) is 0 Å². The van der Waals surface area contributed by atoms with E-state index in [4.69, 9.17) is 0 Å². The number of nitrogens with one attached hydrogen (secondary N) is 1. The number of thiophene rings is 1. The van der Waals surface area contributed by atoms with E-state index in [9.17, 15) is 9.90 Å². The van der Waals surface area contributed by atoms with Gasteiger partial charge in [-0.1, -0.05) is 6.08 Å². The number of nitrogens with zero attached hydrogens (tertiary/aromatic N) is 2. The van der Waals surface area contributed by atoms with Crippen LogP contribution in [0.5, 0.6) is 5.75 Å². The van der Waals surface area contributed by atoms with Gasteiger partial charge in [-0.15, -0.1) is 11.3 Å². The van der Waals surface area contributed by atoms with Gasteiger partial charge in [0, 0.05) is 48.0 Å². The van der Waals surface area contributed by atoms with E-state index in [1.807, 2.05) is 11.4 Å². The monoisotopic (exact) mass is 369 g/mol. The van der Waals surface area contributed by atoms with Crippen LogP contribution in [0.3, 0.4) is 0 Å². The molecular formula is C20H23N3O2S. The van der Waals surface area contributed by atoms with Gasteiger partial charge in [-0.25, -0.2) is 0 Å². The van der Waals surface area contributed by atoms with Gasteiger partial charge in [-0.05, 0) is 49.7 Å². The van der Waals surface area contributed by atoms with Crippen LogP contribution in [0.2, 0.25) is 0 Å². The van der Waals surface area contributed by atoms with Gasteiger partial charge in [0.25, 0.3) is 5.56 Å². The lowest BCUT2D eigenvalue weighted by Crippen LogP contribution is -2.34. The van der Waals surface area contributed by atoms with Crippen molar-refractivity contribution in [1.29, 1.82) is 0 Å². The van der Waals surface area contributed by atoms with E-state index in [1.165, 1.54) is 11.3 Å². The number of rotatable bonds is 4. The summed E-state index contributed by atoms with van der Waals surface area (Å²) in [4.78, 5) is 19.8. The van der Waals surface area contributed by atoms with Gasteiger partial charge in [-0.2, -0.15) is 0 Å². The van der Waals surface area contributed by atoms with Gasteiger partial charge in [0.1, 0.15) is 10.4 Å². The maximum atomic E-state index is 12.3. The highest BCUT2D eigenvalue weighted by molar-refractivity contribution is 7.17. The third-order valence-corrected chi connectivity index (χ3v) is 5.96. The Morgan fingerprint density at radius 3 is 2.88 bits per heavy atom. The van der Waals surface area contributed by atoms with Crippen LogP contribution in [0.1, 0.15) is 12.0 Å². The molecule has 3 heterocycles. The molecule has 0 fully saturated rings. The number of hydrogen-bond acceptors (Lipinski definition) is 5. The second-order valence-electron chi connectivity index (χ2n) is 7.08. The molecule has 2 N–H and O–H groups in total. The van der Waals surface area contributed by atoms with Crippen LogP contribution in [0.15, 0.2) is 34.4 Å². The van der Waals surface area contributed by atoms with Crippen molar-refractivity contribution in [2.45, 2.75) is 6.42 Å². The first-order valence-corrected chi connectivity index (χ1v) is 9.74. The van der Waals surface area contributed by atoms with Crippen molar-refractivity contribution in [3.8, 4) is 5.75 Å². The smallest absolute Gasteiger partial charge is 0.266 e. The highest BCUT2D eigenvalue weighted by Crippen LogP contribution is 2.38. The molecule has 1 aromatic carbocycles. The lowest BCUT2D eigenvalue weighted by molar-refractivity contribution is 0.260. The third-order valence-electron chi connectivity index (χ3n) is 5.05. The average Bonchev–Trinajstić information content (AvgIpc) is 3.12. The van der Waals surface area contributed by atoms with E-state index >= 15 is 0 Å². The molecule has 5 nitrogen and oxygen atoms in total. The van der Waals surface area contributed by atoms with Crippen molar-refractivity contribution in [2.75, 3.05) is 40.3 Å². The molecule has 0 spiro atoms. The van der Waals surface area contributed by atoms with Crippen molar-refractivity contribution >= 4 is 37.9 Å². The molecule has 0 saturated carbocycles. The summed E-state index contributed by atoms with van der Waals surface area (Å²) in [6, 6.07) is 5.46. The largest absolute Gasteiger partial charge is 0.507 e. The van der Waals surface area contributed by atoms with E-state index in [0.717, 1.165) is 60.0 Å². The van der Waals surface area contributed by atoms with E-state index in [2.05, 4.69) is 35.0 Å². The summed E-state index contributed by atoms with van der Waals surface area (Å²) >= 11 is 1.44. The summed E-state index contributed by atoms with van der Waals surface area (Å²) in [6.45, 7) is 3.95. The Balaban J connectivity index is 1.78. The molecule has 2 aromatic heterocycles. The Morgan fingerprint density at radius 2 is 2.15 bits per heavy atom. The van der Waals surface area contributed by atoms with Crippen LogP contribution in [-0.2, 0) is 0 Å². The fourth-order valence-corrected chi connectivity index (χ4v) is 4.44. The Bertz CT molecular complexity index is 1050. The zero-order valence-electron chi connectivity index (χ0n) is 15.1. The highest BCUT2D eigenvalue weighted by Gasteiger charge is 2.20. The number of phenols is 1. The number of phenolic OH excluding ortho intramolecular Hbond substituents is 1. The predicted molar refractivity (Wildman–Crippen MR) is 109 cm³/mol. The minimum atomic E-state index is -0.0633. The quantitative estimate of drug-likeness (QED) is 0.742. The van der Waals surface area contributed by atoms with Crippen molar-refractivity contribution < 1.29 is 5.11 Å². The van der Waals surface area contributed by atoms with Gasteiger partial charge in [0.15, 0.2) is 0 Å². The SMILES string of the molecule is CN(C)CCN1CC=C(c2c(O)ccc3[nH]c(=O)c4sccc4c23)CC1. The summed E-state index contributed by atoms with van der Waals surface area (Å²) < 4.78 is 0.716. The fourth-order valence-electron chi connectivity index (χ4n) is 3.64. The number of H-pyrrole nitrogens is 1. The number of aromatic hydroxyl groups is 1. The number of pyridine rings is 1. The maximum Gasteiger partial charge on any atom is 0.266 e. The first kappa shape index (κ1) is 17.3. The molecule has 1 aliphatic rings. The Kier molecular flexibility index (Phi) is 4.56. The minimum Gasteiger partial charge on any atom is -0.507 e. The summed E-state index contributed by atoms with van der Waals surface area (Å²) in [5.41, 5.74) is 2.75. The normalized spacial score (nSPS) is 15.9. The molecule has 0 bridgehead atoms. The predicted octanol–water partition coefficient (Wildman–Crippen LogP) is 3.10. The molecule has 0 atom stereocenters. The van der Waals surface area contributed by atoms with Gasteiger partial charge in [-0.3, -0.25) is 9.69 Å². The van der Waals surface area contributed by atoms with Crippen molar-refractivity contribution in [2.24, 2.45) is 0 Å². The number of aromatic amines is 1. The summed E-state index contributed by atoms with van der Waals surface area (Å²) in [7, 11) is 4.18. The third kappa shape index (κ3) is 3.05. The lowest BCUT2D eigenvalue weighted by Gasteiger charge is -2.28. The molecule has 0 saturated heterocycles.